The third-order valence-electron chi connectivity index (χ3n) is 8.14. The van der Waals surface area contributed by atoms with E-state index in [1.165, 1.54) is 19.0 Å². The maximum absolute atomic E-state index is 13.9. The normalized spacial score (nSPS) is 20.8. The number of amides is 1. The number of hydrogen-bond acceptors (Lipinski definition) is 8. The number of benzene rings is 2. The van der Waals surface area contributed by atoms with Crippen molar-refractivity contribution in [2.75, 3.05) is 80.2 Å². The maximum atomic E-state index is 13.9. The number of morpholine rings is 1. The second kappa shape index (κ2) is 14.1. The van der Waals surface area contributed by atoms with Gasteiger partial charge in [-0.2, -0.15) is 13.2 Å². The lowest BCUT2D eigenvalue weighted by atomic mass is 9.99. The SMILES string of the molecule is COC[C@@H]1CN(CCN2CCN(C(=O)c3cc(C(F)(F)F)cc(S(=O)(=O)N(C)C)c3)[C@H](Cc3ccc(C)c(O)c3)C2)CCO1. The molecule has 2 fully saturated rings. The van der Waals surface area contributed by atoms with Gasteiger partial charge in [0.05, 0.1) is 29.8 Å². The number of aryl methyl sites for hydroxylation is 1. The topological polar surface area (TPSA) is 103 Å². The zero-order valence-corrected chi connectivity index (χ0v) is 26.3. The maximum Gasteiger partial charge on any atom is 0.416 e. The van der Waals surface area contributed by atoms with Crippen molar-refractivity contribution in [3.05, 3.63) is 58.7 Å². The molecular weight excluding hydrogens is 601 g/mol. The number of carbonyl (C=O) groups excluding carboxylic acids is 1. The molecule has 244 valence electrons. The summed E-state index contributed by atoms with van der Waals surface area (Å²) in [5, 5.41) is 10.3. The van der Waals surface area contributed by atoms with Gasteiger partial charge >= 0.3 is 6.18 Å². The highest BCUT2D eigenvalue weighted by atomic mass is 32.2. The van der Waals surface area contributed by atoms with Crippen molar-refractivity contribution < 1.29 is 41.0 Å². The van der Waals surface area contributed by atoms with Gasteiger partial charge in [-0.3, -0.25) is 14.6 Å². The Bertz CT molecular complexity index is 1420. The number of nitrogens with zero attached hydrogens (tertiary/aromatic N) is 4. The summed E-state index contributed by atoms with van der Waals surface area (Å²) < 4.78 is 79.0. The molecule has 0 spiro atoms. The van der Waals surface area contributed by atoms with Gasteiger partial charge < -0.3 is 19.5 Å². The van der Waals surface area contributed by atoms with Gasteiger partial charge in [0.2, 0.25) is 10.0 Å². The van der Waals surface area contributed by atoms with Crippen LogP contribution in [0.4, 0.5) is 13.2 Å². The molecule has 1 N–H and O–H groups in total. The van der Waals surface area contributed by atoms with Crippen LogP contribution in [0.3, 0.4) is 0 Å². The van der Waals surface area contributed by atoms with E-state index in [1.54, 1.807) is 26.2 Å². The van der Waals surface area contributed by atoms with Crippen LogP contribution in [-0.2, 0) is 32.1 Å². The Hall–Kier alpha value is -2.75. The minimum Gasteiger partial charge on any atom is -0.508 e. The van der Waals surface area contributed by atoms with Crippen molar-refractivity contribution in [1.82, 2.24) is 19.0 Å². The van der Waals surface area contributed by atoms with Crippen LogP contribution in [0.2, 0.25) is 0 Å². The summed E-state index contributed by atoms with van der Waals surface area (Å²) in [5.74, 6) is -0.565. The summed E-state index contributed by atoms with van der Waals surface area (Å²) in [6, 6.07) is 7.11. The Morgan fingerprint density at radius 3 is 2.41 bits per heavy atom. The molecule has 0 aromatic heterocycles. The fourth-order valence-corrected chi connectivity index (χ4v) is 6.56. The van der Waals surface area contributed by atoms with Gasteiger partial charge in [0.15, 0.2) is 0 Å². The van der Waals surface area contributed by atoms with E-state index in [0.717, 1.165) is 35.6 Å². The molecule has 2 heterocycles. The van der Waals surface area contributed by atoms with Crippen LogP contribution in [0.15, 0.2) is 41.3 Å². The fourth-order valence-electron chi connectivity index (χ4n) is 5.58. The lowest BCUT2D eigenvalue weighted by molar-refractivity contribution is -0.137. The third-order valence-corrected chi connectivity index (χ3v) is 9.93. The van der Waals surface area contributed by atoms with Crippen LogP contribution in [0.5, 0.6) is 5.75 Å². The van der Waals surface area contributed by atoms with Crippen molar-refractivity contribution in [2.45, 2.75) is 36.6 Å². The molecule has 2 aliphatic rings. The number of halogens is 3. The van der Waals surface area contributed by atoms with Crippen LogP contribution in [-0.4, -0.2) is 131 Å². The first-order chi connectivity index (χ1) is 20.7. The fraction of sp³-hybridized carbons (Fsp3) is 0.567. The summed E-state index contributed by atoms with van der Waals surface area (Å²) in [5.41, 5.74) is -0.0845. The number of rotatable bonds is 10. The van der Waals surface area contributed by atoms with E-state index in [-0.39, 0.29) is 24.0 Å². The monoisotopic (exact) mass is 642 g/mol. The number of phenolic OH excluding ortho intramolecular Hbond substituents is 1. The number of phenols is 1. The molecule has 0 saturated carbocycles. The van der Waals surface area contributed by atoms with Gasteiger partial charge in [-0.1, -0.05) is 12.1 Å². The van der Waals surface area contributed by atoms with E-state index in [4.69, 9.17) is 9.47 Å². The smallest absolute Gasteiger partial charge is 0.416 e. The highest BCUT2D eigenvalue weighted by molar-refractivity contribution is 7.89. The number of alkyl halides is 3. The first kappa shape index (κ1) is 34.1. The predicted octanol–water partition coefficient (Wildman–Crippen LogP) is 2.69. The Balaban J connectivity index is 1.60. The number of methoxy groups -OCH3 is 1. The zero-order chi connectivity index (χ0) is 32.2. The largest absolute Gasteiger partial charge is 0.508 e. The standard InChI is InChI=1S/C30H41F3N4O6S/c1-21-5-6-22(14-28(21)38)13-25-18-35(7-8-36-11-12-43-26(19-36)20-42-4)9-10-37(25)29(39)23-15-24(30(31,32)33)17-27(16-23)44(40,41)34(2)3/h5-6,14-17,25-26,38H,7-13,18-20H2,1-4H3/t25-,26+/m1/s1. The van der Waals surface area contributed by atoms with E-state index in [1.807, 2.05) is 6.07 Å². The van der Waals surface area contributed by atoms with Gasteiger partial charge in [0.25, 0.3) is 5.91 Å². The lowest BCUT2D eigenvalue weighted by Gasteiger charge is -2.43. The number of aromatic hydroxyl groups is 1. The molecule has 0 radical (unpaired) electrons. The highest BCUT2D eigenvalue weighted by Gasteiger charge is 2.36. The second-order valence-electron chi connectivity index (χ2n) is 11.6. The van der Waals surface area contributed by atoms with Crippen molar-refractivity contribution in [3.8, 4) is 5.75 Å². The molecule has 2 aliphatic heterocycles. The first-order valence-corrected chi connectivity index (χ1v) is 15.9. The Morgan fingerprint density at radius 1 is 1.07 bits per heavy atom. The molecule has 4 rings (SSSR count). The molecule has 0 unspecified atom stereocenters. The lowest BCUT2D eigenvalue weighted by Crippen LogP contribution is -2.57. The Labute approximate surface area is 257 Å². The van der Waals surface area contributed by atoms with Crippen LogP contribution in [0, 0.1) is 6.92 Å². The average Bonchev–Trinajstić information content (AvgIpc) is 2.97. The van der Waals surface area contributed by atoms with Crippen molar-refractivity contribution in [2.24, 2.45) is 0 Å². The molecule has 44 heavy (non-hydrogen) atoms. The van der Waals surface area contributed by atoms with Gasteiger partial charge in [0, 0.05) is 78.6 Å². The molecule has 0 bridgehead atoms. The Kier molecular flexibility index (Phi) is 11.0. The molecule has 1 amide bonds. The minimum atomic E-state index is -4.86. The molecule has 2 atom stereocenters. The second-order valence-corrected chi connectivity index (χ2v) is 13.7. The van der Waals surface area contributed by atoms with Gasteiger partial charge in [-0.25, -0.2) is 12.7 Å². The van der Waals surface area contributed by atoms with E-state index in [9.17, 15) is 31.5 Å². The Morgan fingerprint density at radius 2 is 1.77 bits per heavy atom. The van der Waals surface area contributed by atoms with Crippen LogP contribution in [0.25, 0.3) is 0 Å². The van der Waals surface area contributed by atoms with Crippen molar-refractivity contribution in [3.63, 3.8) is 0 Å². The number of carbonyl (C=O) groups is 1. The van der Waals surface area contributed by atoms with Crippen LogP contribution >= 0.6 is 0 Å². The molecule has 2 saturated heterocycles. The average molecular weight is 643 g/mol. The van der Waals surface area contributed by atoms with Crippen molar-refractivity contribution >= 4 is 15.9 Å². The molecule has 14 heteroatoms. The third kappa shape index (κ3) is 8.29. The van der Waals surface area contributed by atoms with Crippen LogP contribution < -0.4 is 0 Å². The van der Waals surface area contributed by atoms with Gasteiger partial charge in [0.1, 0.15) is 5.75 Å². The number of ether oxygens (including phenoxy) is 2. The summed E-state index contributed by atoms with van der Waals surface area (Å²) in [4.78, 5) is 19.4. The van der Waals surface area contributed by atoms with Crippen LogP contribution in [0.1, 0.15) is 27.0 Å². The van der Waals surface area contributed by atoms with Gasteiger partial charge in [-0.15, -0.1) is 0 Å². The minimum absolute atomic E-state index is 0.00107. The van der Waals surface area contributed by atoms with Gasteiger partial charge in [-0.05, 0) is 48.7 Å². The summed E-state index contributed by atoms with van der Waals surface area (Å²) in [6.45, 7) is 7.10. The number of sulfonamides is 1. The summed E-state index contributed by atoms with van der Waals surface area (Å²) >= 11 is 0. The van der Waals surface area contributed by atoms with E-state index < -0.39 is 38.6 Å². The summed E-state index contributed by atoms with van der Waals surface area (Å²) in [7, 11) is -0.169. The molecular formula is C30H41F3N4O6S. The molecule has 2 aromatic rings. The quantitative estimate of drug-likeness (QED) is 0.422. The van der Waals surface area contributed by atoms with E-state index >= 15 is 0 Å². The molecule has 2 aromatic carbocycles. The molecule has 0 aliphatic carbocycles. The molecule has 10 nitrogen and oxygen atoms in total. The number of piperazine rings is 1. The summed E-state index contributed by atoms with van der Waals surface area (Å²) in [6.07, 6.45) is -4.50. The first-order valence-electron chi connectivity index (χ1n) is 14.5. The highest BCUT2D eigenvalue weighted by Crippen LogP contribution is 2.33. The zero-order valence-electron chi connectivity index (χ0n) is 25.5. The van der Waals surface area contributed by atoms with E-state index in [2.05, 4.69) is 9.80 Å². The van der Waals surface area contributed by atoms with E-state index in [0.29, 0.717) is 57.0 Å². The number of hydrogen-bond donors (Lipinski definition) is 1. The predicted molar refractivity (Wildman–Crippen MR) is 158 cm³/mol. The van der Waals surface area contributed by atoms with Crippen molar-refractivity contribution in [1.29, 1.82) is 0 Å².